The van der Waals surface area contributed by atoms with Crippen LogP contribution in [0, 0.1) is 11.7 Å². The van der Waals surface area contributed by atoms with Crippen LogP contribution in [0.25, 0.3) is 0 Å². The van der Waals surface area contributed by atoms with Crippen LogP contribution in [0.3, 0.4) is 0 Å². The van der Waals surface area contributed by atoms with Crippen LogP contribution < -0.4 is 0 Å². The van der Waals surface area contributed by atoms with Gasteiger partial charge in [0.2, 0.25) is 0 Å². The molecule has 0 aliphatic rings. The molecule has 0 bridgehead atoms. The minimum Gasteiger partial charge on any atom is -0.378 e. The van der Waals surface area contributed by atoms with E-state index in [-0.39, 0.29) is 11.4 Å². The van der Waals surface area contributed by atoms with E-state index in [1.807, 2.05) is 19.2 Å². The molecular formula is C24H41FO. The van der Waals surface area contributed by atoms with E-state index in [1.165, 1.54) is 57.4 Å². The molecule has 1 nitrogen and oxygen atoms in total. The van der Waals surface area contributed by atoms with Gasteiger partial charge in [0, 0.05) is 7.11 Å². The Kier molecular flexibility index (Phi) is 11.8. The number of hydrogen-bond acceptors (Lipinski definition) is 1. The molecule has 0 saturated heterocycles. The van der Waals surface area contributed by atoms with E-state index in [9.17, 15) is 4.39 Å². The summed E-state index contributed by atoms with van der Waals surface area (Å²) >= 11 is 0. The zero-order valence-corrected chi connectivity index (χ0v) is 17.7. The Morgan fingerprint density at radius 3 is 2.19 bits per heavy atom. The maximum Gasteiger partial charge on any atom is 0.123 e. The predicted octanol–water partition coefficient (Wildman–Crippen LogP) is 7.72. The number of hydrogen-bond donors (Lipinski definition) is 0. The van der Waals surface area contributed by atoms with Gasteiger partial charge in [-0.2, -0.15) is 0 Å². The largest absolute Gasteiger partial charge is 0.378 e. The summed E-state index contributed by atoms with van der Waals surface area (Å²) in [5, 5.41) is 0. The Bertz CT molecular complexity index is 459. The fourth-order valence-electron chi connectivity index (χ4n) is 4.37. The Balaban J connectivity index is 2.56. The number of benzene rings is 1. The second-order valence-corrected chi connectivity index (χ2v) is 7.75. The summed E-state index contributed by atoms with van der Waals surface area (Å²) in [4.78, 5) is 0. The average molecular weight is 365 g/mol. The summed E-state index contributed by atoms with van der Waals surface area (Å²) < 4.78 is 19.4. The van der Waals surface area contributed by atoms with Crippen molar-refractivity contribution in [3.8, 4) is 0 Å². The maximum absolute atomic E-state index is 13.4. The van der Waals surface area contributed by atoms with E-state index >= 15 is 0 Å². The van der Waals surface area contributed by atoms with Crippen molar-refractivity contribution in [1.29, 1.82) is 0 Å². The van der Waals surface area contributed by atoms with Gasteiger partial charge in [0.15, 0.2) is 0 Å². The molecule has 0 heterocycles. The van der Waals surface area contributed by atoms with Gasteiger partial charge in [-0.25, -0.2) is 4.39 Å². The fourth-order valence-corrected chi connectivity index (χ4v) is 4.37. The molecule has 0 aromatic heterocycles. The number of aryl methyl sites for hydroxylation is 1. The summed E-state index contributed by atoms with van der Waals surface area (Å²) in [6.07, 6.45) is 14.7. The third kappa shape index (κ3) is 7.78. The minimum atomic E-state index is -0.125. The van der Waals surface area contributed by atoms with E-state index in [4.69, 9.17) is 4.74 Å². The van der Waals surface area contributed by atoms with Crippen LogP contribution in [-0.4, -0.2) is 12.7 Å². The molecule has 1 aromatic rings. The van der Waals surface area contributed by atoms with Crippen molar-refractivity contribution in [2.24, 2.45) is 5.92 Å². The second-order valence-electron chi connectivity index (χ2n) is 7.75. The van der Waals surface area contributed by atoms with Crippen LogP contribution in [0.5, 0.6) is 0 Å². The van der Waals surface area contributed by atoms with E-state index in [0.29, 0.717) is 5.92 Å². The lowest BCUT2D eigenvalue weighted by Gasteiger charge is -2.39. The molecular weight excluding hydrogens is 323 g/mol. The van der Waals surface area contributed by atoms with Gasteiger partial charge in [0.05, 0.1) is 5.60 Å². The van der Waals surface area contributed by atoms with E-state index in [2.05, 4.69) is 20.8 Å². The predicted molar refractivity (Wildman–Crippen MR) is 111 cm³/mol. The van der Waals surface area contributed by atoms with Crippen LogP contribution in [0.4, 0.5) is 4.39 Å². The summed E-state index contributed by atoms with van der Waals surface area (Å²) in [7, 11) is 1.88. The van der Waals surface area contributed by atoms with Gasteiger partial charge >= 0.3 is 0 Å². The first kappa shape index (κ1) is 23.1. The number of halogens is 1. The number of rotatable bonds is 15. The van der Waals surface area contributed by atoms with Gasteiger partial charge in [0.25, 0.3) is 0 Å². The van der Waals surface area contributed by atoms with Gasteiger partial charge in [-0.15, -0.1) is 0 Å². The molecule has 1 atom stereocenters. The first-order chi connectivity index (χ1) is 12.6. The highest BCUT2D eigenvalue weighted by atomic mass is 19.1. The first-order valence-electron chi connectivity index (χ1n) is 10.9. The topological polar surface area (TPSA) is 9.23 Å². The molecule has 150 valence electrons. The van der Waals surface area contributed by atoms with Crippen LogP contribution in [0.1, 0.15) is 97.0 Å². The highest BCUT2D eigenvalue weighted by molar-refractivity contribution is 5.16. The molecule has 1 aromatic carbocycles. The van der Waals surface area contributed by atoms with Crippen LogP contribution in [0.2, 0.25) is 0 Å². The molecule has 0 aliphatic heterocycles. The molecule has 0 radical (unpaired) electrons. The lowest BCUT2D eigenvalue weighted by atomic mass is 9.76. The Labute approximate surface area is 161 Å². The normalized spacial score (nSPS) is 13.1. The summed E-state index contributed by atoms with van der Waals surface area (Å²) in [6, 6.07) is 7.05. The van der Waals surface area contributed by atoms with Crippen LogP contribution >= 0.6 is 0 Å². The molecule has 1 rings (SSSR count). The molecule has 0 spiro atoms. The fraction of sp³-hybridized carbons (Fsp3) is 0.750. The van der Waals surface area contributed by atoms with Crippen molar-refractivity contribution in [2.45, 2.75) is 103 Å². The highest BCUT2D eigenvalue weighted by Crippen LogP contribution is 2.36. The average Bonchev–Trinajstić information content (AvgIpc) is 2.66. The van der Waals surface area contributed by atoms with E-state index in [0.717, 1.165) is 31.2 Å². The lowest BCUT2D eigenvalue weighted by Crippen LogP contribution is -2.39. The standard InChI is InChI=1S/C24H41FO/c1-5-8-9-10-11-12-17-22(24(6-2,7-3)26-4)18-13-15-21-16-14-19-23(25)20-21/h14,16,19-20,22H,5-13,15,17-18H2,1-4H3. The maximum atomic E-state index is 13.4. The Morgan fingerprint density at radius 2 is 1.58 bits per heavy atom. The molecule has 0 amide bonds. The summed E-state index contributed by atoms with van der Waals surface area (Å²) in [5.74, 6) is 0.474. The molecule has 2 heteroatoms. The van der Waals surface area contributed by atoms with Crippen LogP contribution in [0.15, 0.2) is 24.3 Å². The Hall–Kier alpha value is -0.890. The van der Waals surface area contributed by atoms with Crippen molar-refractivity contribution in [2.75, 3.05) is 7.11 Å². The van der Waals surface area contributed by atoms with Gasteiger partial charge in [0.1, 0.15) is 5.82 Å². The molecule has 0 N–H and O–H groups in total. The summed E-state index contributed by atoms with van der Waals surface area (Å²) in [5.41, 5.74) is 1.12. The number of ether oxygens (including phenoxy) is 1. The van der Waals surface area contributed by atoms with E-state index < -0.39 is 0 Å². The van der Waals surface area contributed by atoms with Gasteiger partial charge in [-0.05, 0) is 62.1 Å². The van der Waals surface area contributed by atoms with Crippen molar-refractivity contribution in [3.05, 3.63) is 35.6 Å². The summed E-state index contributed by atoms with van der Waals surface area (Å²) in [6.45, 7) is 6.78. The molecule has 1 unspecified atom stereocenters. The highest BCUT2D eigenvalue weighted by Gasteiger charge is 2.34. The Morgan fingerprint density at radius 1 is 0.923 bits per heavy atom. The quantitative estimate of drug-likeness (QED) is 0.289. The van der Waals surface area contributed by atoms with Crippen molar-refractivity contribution in [3.63, 3.8) is 0 Å². The molecule has 26 heavy (non-hydrogen) atoms. The van der Waals surface area contributed by atoms with Gasteiger partial charge in [-0.3, -0.25) is 0 Å². The molecule has 0 fully saturated rings. The minimum absolute atomic E-state index is 0.00531. The third-order valence-electron chi connectivity index (χ3n) is 6.16. The van der Waals surface area contributed by atoms with Gasteiger partial charge < -0.3 is 4.74 Å². The monoisotopic (exact) mass is 364 g/mol. The van der Waals surface area contributed by atoms with Gasteiger partial charge in [-0.1, -0.05) is 71.4 Å². The smallest absolute Gasteiger partial charge is 0.123 e. The third-order valence-corrected chi connectivity index (χ3v) is 6.16. The zero-order valence-electron chi connectivity index (χ0n) is 17.7. The molecule has 0 aliphatic carbocycles. The zero-order chi connectivity index (χ0) is 19.3. The second kappa shape index (κ2) is 13.3. The van der Waals surface area contributed by atoms with Crippen molar-refractivity contribution in [1.82, 2.24) is 0 Å². The lowest BCUT2D eigenvalue weighted by molar-refractivity contribution is -0.0710. The molecule has 0 saturated carbocycles. The number of methoxy groups -OCH3 is 1. The number of unbranched alkanes of at least 4 members (excludes halogenated alkanes) is 5. The van der Waals surface area contributed by atoms with E-state index in [1.54, 1.807) is 6.07 Å². The van der Waals surface area contributed by atoms with Crippen LogP contribution in [-0.2, 0) is 11.2 Å². The first-order valence-corrected chi connectivity index (χ1v) is 10.9. The van der Waals surface area contributed by atoms with Crippen molar-refractivity contribution < 1.29 is 9.13 Å². The van der Waals surface area contributed by atoms with Crippen molar-refractivity contribution >= 4 is 0 Å². The SMILES string of the molecule is CCCCCCCCC(CCCc1cccc(F)c1)C(CC)(CC)OC.